The largest absolute Gasteiger partial charge is 0.396 e. The average Bonchev–Trinajstić information content (AvgIpc) is 2.78. The number of anilines is 2. The Balaban J connectivity index is 2.27. The van der Waals surface area contributed by atoms with E-state index < -0.39 is 0 Å². The summed E-state index contributed by atoms with van der Waals surface area (Å²) in [5.74, 6) is 0. The van der Waals surface area contributed by atoms with Crippen molar-refractivity contribution < 1.29 is 0 Å². The first-order chi connectivity index (χ1) is 8.26. The van der Waals surface area contributed by atoms with E-state index in [1.165, 1.54) is 5.69 Å². The van der Waals surface area contributed by atoms with Gasteiger partial charge in [-0.05, 0) is 26.0 Å². The number of nitrogens with zero attached hydrogens (tertiary/aromatic N) is 2. The monoisotopic (exact) mass is 230 g/mol. The molecule has 0 amide bonds. The fourth-order valence-corrected chi connectivity index (χ4v) is 1.95. The van der Waals surface area contributed by atoms with Crippen LogP contribution in [0.5, 0.6) is 0 Å². The van der Waals surface area contributed by atoms with Crippen molar-refractivity contribution in [1.82, 2.24) is 10.2 Å². The minimum absolute atomic E-state index is 0.681. The number of benzene rings is 1. The molecule has 0 spiro atoms. The molecule has 1 aromatic carbocycles. The zero-order valence-electron chi connectivity index (χ0n) is 10.3. The Bertz CT molecular complexity index is 468. The Labute approximate surface area is 101 Å². The molecule has 0 aliphatic carbocycles. The summed E-state index contributed by atoms with van der Waals surface area (Å²) in [5, 5.41) is 6.84. The van der Waals surface area contributed by atoms with Gasteiger partial charge in [-0.15, -0.1) is 0 Å². The summed E-state index contributed by atoms with van der Waals surface area (Å²) in [6.07, 6.45) is 1.63. The Morgan fingerprint density at radius 3 is 2.29 bits per heavy atom. The van der Waals surface area contributed by atoms with E-state index in [1.54, 1.807) is 6.20 Å². The van der Waals surface area contributed by atoms with Crippen molar-refractivity contribution >= 4 is 11.4 Å². The zero-order valence-corrected chi connectivity index (χ0v) is 10.3. The minimum atomic E-state index is 0.681. The van der Waals surface area contributed by atoms with Crippen LogP contribution in [0.4, 0.5) is 11.4 Å². The van der Waals surface area contributed by atoms with Gasteiger partial charge in [-0.2, -0.15) is 5.10 Å². The fraction of sp³-hybridized carbons (Fsp3) is 0.308. The Hall–Kier alpha value is -1.97. The average molecular weight is 230 g/mol. The summed E-state index contributed by atoms with van der Waals surface area (Å²) in [4.78, 5) is 2.31. The van der Waals surface area contributed by atoms with Crippen LogP contribution in [-0.4, -0.2) is 23.3 Å². The highest BCUT2D eigenvalue weighted by Gasteiger charge is 2.06. The standard InChI is InChI=1S/C13H18N4/c1-3-17(4-2)11-7-5-10(6-8-11)13-12(14)9-15-16-13/h5-9H,3-4,14H2,1-2H3,(H,15,16). The van der Waals surface area contributed by atoms with Gasteiger partial charge in [0.1, 0.15) is 0 Å². The van der Waals surface area contributed by atoms with Crippen molar-refractivity contribution in [2.24, 2.45) is 0 Å². The lowest BCUT2D eigenvalue weighted by molar-refractivity contribution is 0.866. The van der Waals surface area contributed by atoms with E-state index in [1.807, 2.05) is 0 Å². The molecule has 3 N–H and O–H groups in total. The molecule has 0 atom stereocenters. The zero-order chi connectivity index (χ0) is 12.3. The molecule has 0 saturated carbocycles. The van der Waals surface area contributed by atoms with Gasteiger partial charge in [0.2, 0.25) is 0 Å². The third kappa shape index (κ3) is 2.25. The van der Waals surface area contributed by atoms with Crippen LogP contribution in [0.25, 0.3) is 11.3 Å². The molecule has 0 aliphatic rings. The summed E-state index contributed by atoms with van der Waals surface area (Å²) in [7, 11) is 0. The van der Waals surface area contributed by atoms with Crippen LogP contribution in [0.15, 0.2) is 30.5 Å². The molecule has 4 nitrogen and oxygen atoms in total. The number of hydrogen-bond acceptors (Lipinski definition) is 3. The summed E-state index contributed by atoms with van der Waals surface area (Å²) < 4.78 is 0. The van der Waals surface area contributed by atoms with Crippen molar-refractivity contribution in [3.63, 3.8) is 0 Å². The smallest absolute Gasteiger partial charge is 0.0879 e. The van der Waals surface area contributed by atoms with Gasteiger partial charge in [0.05, 0.1) is 17.6 Å². The molecule has 1 aromatic heterocycles. The van der Waals surface area contributed by atoms with Gasteiger partial charge in [0.25, 0.3) is 0 Å². The number of nitrogen functional groups attached to an aromatic ring is 1. The maximum absolute atomic E-state index is 5.82. The normalized spacial score (nSPS) is 10.5. The van der Waals surface area contributed by atoms with Gasteiger partial charge in [0.15, 0.2) is 0 Å². The number of hydrogen-bond donors (Lipinski definition) is 2. The second-order valence-corrected chi connectivity index (χ2v) is 3.92. The van der Waals surface area contributed by atoms with Crippen molar-refractivity contribution in [1.29, 1.82) is 0 Å². The molecule has 0 fully saturated rings. The Morgan fingerprint density at radius 2 is 1.82 bits per heavy atom. The van der Waals surface area contributed by atoms with Gasteiger partial charge < -0.3 is 10.6 Å². The maximum atomic E-state index is 5.82. The molecule has 4 heteroatoms. The quantitative estimate of drug-likeness (QED) is 0.848. The lowest BCUT2D eigenvalue weighted by Gasteiger charge is -2.21. The van der Waals surface area contributed by atoms with Gasteiger partial charge in [0, 0.05) is 24.3 Å². The van der Waals surface area contributed by atoms with Crippen LogP contribution >= 0.6 is 0 Å². The van der Waals surface area contributed by atoms with Gasteiger partial charge in [-0.3, -0.25) is 5.10 Å². The summed E-state index contributed by atoms with van der Waals surface area (Å²) in [5.41, 5.74) is 9.68. The van der Waals surface area contributed by atoms with Crippen LogP contribution < -0.4 is 10.6 Å². The number of nitrogens with one attached hydrogen (secondary N) is 1. The summed E-state index contributed by atoms with van der Waals surface area (Å²) >= 11 is 0. The van der Waals surface area contributed by atoms with Crippen molar-refractivity contribution in [2.45, 2.75) is 13.8 Å². The maximum Gasteiger partial charge on any atom is 0.0879 e. The van der Waals surface area contributed by atoms with Gasteiger partial charge in [-0.25, -0.2) is 0 Å². The van der Waals surface area contributed by atoms with E-state index in [-0.39, 0.29) is 0 Å². The fourth-order valence-electron chi connectivity index (χ4n) is 1.95. The third-order valence-corrected chi connectivity index (χ3v) is 2.95. The van der Waals surface area contributed by atoms with Crippen LogP contribution in [0, 0.1) is 0 Å². The van der Waals surface area contributed by atoms with Crippen molar-refractivity contribution in [3.8, 4) is 11.3 Å². The SMILES string of the molecule is CCN(CC)c1ccc(-c2[nH]ncc2N)cc1. The first-order valence-corrected chi connectivity index (χ1v) is 5.90. The van der Waals surface area contributed by atoms with E-state index in [4.69, 9.17) is 5.73 Å². The highest BCUT2D eigenvalue weighted by molar-refractivity contribution is 5.73. The number of aromatic nitrogens is 2. The number of nitrogens with two attached hydrogens (primary N) is 1. The molecule has 0 saturated heterocycles. The van der Waals surface area contributed by atoms with Crippen molar-refractivity contribution in [2.75, 3.05) is 23.7 Å². The van der Waals surface area contributed by atoms with E-state index in [0.29, 0.717) is 5.69 Å². The van der Waals surface area contributed by atoms with E-state index in [9.17, 15) is 0 Å². The number of aromatic amines is 1. The minimum Gasteiger partial charge on any atom is -0.396 e. The molecule has 90 valence electrons. The first kappa shape index (κ1) is 11.5. The predicted octanol–water partition coefficient (Wildman–Crippen LogP) is 2.51. The lowest BCUT2D eigenvalue weighted by Crippen LogP contribution is -2.21. The topological polar surface area (TPSA) is 57.9 Å². The summed E-state index contributed by atoms with van der Waals surface area (Å²) in [6.45, 7) is 6.35. The molecule has 2 rings (SSSR count). The molecule has 0 aliphatic heterocycles. The molecular formula is C13H18N4. The lowest BCUT2D eigenvalue weighted by atomic mass is 10.1. The second-order valence-electron chi connectivity index (χ2n) is 3.92. The molecule has 0 radical (unpaired) electrons. The second kappa shape index (κ2) is 4.91. The van der Waals surface area contributed by atoms with Crippen LogP contribution in [0.3, 0.4) is 0 Å². The molecule has 2 aromatic rings. The van der Waals surface area contributed by atoms with E-state index in [0.717, 1.165) is 24.3 Å². The van der Waals surface area contributed by atoms with E-state index >= 15 is 0 Å². The summed E-state index contributed by atoms with van der Waals surface area (Å²) in [6, 6.07) is 8.36. The van der Waals surface area contributed by atoms with Crippen LogP contribution in [-0.2, 0) is 0 Å². The van der Waals surface area contributed by atoms with Gasteiger partial charge >= 0.3 is 0 Å². The number of rotatable bonds is 4. The molecule has 1 heterocycles. The van der Waals surface area contributed by atoms with Crippen LogP contribution in [0.2, 0.25) is 0 Å². The predicted molar refractivity (Wildman–Crippen MR) is 72.0 cm³/mol. The van der Waals surface area contributed by atoms with Crippen LogP contribution in [0.1, 0.15) is 13.8 Å². The number of H-pyrrole nitrogens is 1. The molecular weight excluding hydrogens is 212 g/mol. The van der Waals surface area contributed by atoms with E-state index in [2.05, 4.69) is 53.2 Å². The molecule has 0 unspecified atom stereocenters. The highest BCUT2D eigenvalue weighted by atomic mass is 15.1. The molecule has 17 heavy (non-hydrogen) atoms. The van der Waals surface area contributed by atoms with Crippen molar-refractivity contribution in [3.05, 3.63) is 30.5 Å². The highest BCUT2D eigenvalue weighted by Crippen LogP contribution is 2.25. The molecule has 0 bridgehead atoms. The first-order valence-electron chi connectivity index (χ1n) is 5.90. The van der Waals surface area contributed by atoms with Gasteiger partial charge in [-0.1, -0.05) is 12.1 Å². The Kier molecular flexibility index (Phi) is 3.32. The third-order valence-electron chi connectivity index (χ3n) is 2.95. The Morgan fingerprint density at radius 1 is 1.18 bits per heavy atom.